The number of nitrogens with one attached hydrogen (secondary N) is 2. The van der Waals surface area contributed by atoms with Gasteiger partial charge in [-0.25, -0.2) is 0 Å². The molecule has 1 aromatic carbocycles. The van der Waals surface area contributed by atoms with E-state index in [1.807, 2.05) is 18.2 Å². The molecule has 3 N–H and O–H groups in total. The number of amides is 1. The van der Waals surface area contributed by atoms with Gasteiger partial charge >= 0.3 is 0 Å². The summed E-state index contributed by atoms with van der Waals surface area (Å²) in [7, 11) is 0. The molecule has 0 bridgehead atoms. The zero-order valence-electron chi connectivity index (χ0n) is 11.4. The van der Waals surface area contributed by atoms with Gasteiger partial charge in [0.15, 0.2) is 0 Å². The van der Waals surface area contributed by atoms with Gasteiger partial charge in [0.1, 0.15) is 0 Å². The van der Waals surface area contributed by atoms with Gasteiger partial charge in [-0.1, -0.05) is 6.07 Å². The lowest BCUT2D eigenvalue weighted by Gasteiger charge is -2.20. The molecule has 0 aliphatic carbocycles. The van der Waals surface area contributed by atoms with Crippen molar-refractivity contribution < 1.29 is 9.90 Å². The molecule has 0 saturated heterocycles. The number of carbonyl (C=O) groups is 1. The Balaban J connectivity index is 1.95. The first kappa shape index (κ1) is 13.9. The van der Waals surface area contributed by atoms with Gasteiger partial charge in [0.2, 0.25) is 0 Å². The molecule has 1 unspecified atom stereocenters. The molecule has 0 spiro atoms. The van der Waals surface area contributed by atoms with E-state index in [0.29, 0.717) is 13.0 Å². The van der Waals surface area contributed by atoms with Crippen molar-refractivity contribution in [3.8, 4) is 0 Å². The van der Waals surface area contributed by atoms with Crippen molar-refractivity contribution in [2.24, 2.45) is 0 Å². The third kappa shape index (κ3) is 3.70. The molecule has 1 atom stereocenters. The predicted molar refractivity (Wildman–Crippen MR) is 76.5 cm³/mol. The van der Waals surface area contributed by atoms with Crippen molar-refractivity contribution in [2.45, 2.75) is 38.7 Å². The van der Waals surface area contributed by atoms with E-state index in [1.54, 1.807) is 6.92 Å². The van der Waals surface area contributed by atoms with E-state index in [1.165, 1.54) is 0 Å². The molecule has 1 aliphatic heterocycles. The van der Waals surface area contributed by atoms with Crippen LogP contribution in [0.2, 0.25) is 0 Å². The number of benzene rings is 1. The van der Waals surface area contributed by atoms with Crippen LogP contribution in [0.5, 0.6) is 0 Å². The van der Waals surface area contributed by atoms with E-state index in [0.717, 1.165) is 42.6 Å². The predicted octanol–water partition coefficient (Wildman–Crippen LogP) is 1.94. The number of hydrogen-bond donors (Lipinski definition) is 3. The Hall–Kier alpha value is -1.55. The third-order valence-electron chi connectivity index (χ3n) is 3.42. The quantitative estimate of drug-likeness (QED) is 0.711. The van der Waals surface area contributed by atoms with Crippen molar-refractivity contribution in [2.75, 3.05) is 18.4 Å². The molecule has 0 aromatic heterocycles. The number of aliphatic hydroxyl groups excluding tert-OH is 1. The fourth-order valence-electron chi connectivity index (χ4n) is 2.42. The van der Waals surface area contributed by atoms with Crippen molar-refractivity contribution in [1.29, 1.82) is 0 Å². The van der Waals surface area contributed by atoms with Crippen LogP contribution < -0.4 is 10.6 Å². The smallest absolute Gasteiger partial charge is 0.251 e. The summed E-state index contributed by atoms with van der Waals surface area (Å²) >= 11 is 0. The number of rotatable bonds is 5. The maximum atomic E-state index is 12.2. The lowest BCUT2D eigenvalue weighted by atomic mass is 9.97. The first-order valence-corrected chi connectivity index (χ1v) is 7.00. The van der Waals surface area contributed by atoms with Gasteiger partial charge in [-0.05, 0) is 50.3 Å². The Morgan fingerprint density at radius 1 is 1.53 bits per heavy atom. The highest BCUT2D eigenvalue weighted by Gasteiger charge is 2.16. The van der Waals surface area contributed by atoms with E-state index >= 15 is 0 Å². The monoisotopic (exact) mass is 262 g/mol. The highest BCUT2D eigenvalue weighted by molar-refractivity contribution is 5.97. The van der Waals surface area contributed by atoms with Gasteiger partial charge < -0.3 is 15.7 Å². The molecule has 104 valence electrons. The maximum Gasteiger partial charge on any atom is 0.251 e. The van der Waals surface area contributed by atoms with Gasteiger partial charge in [-0.2, -0.15) is 0 Å². The second-order valence-electron chi connectivity index (χ2n) is 5.11. The minimum atomic E-state index is -0.300. The summed E-state index contributed by atoms with van der Waals surface area (Å²) < 4.78 is 0. The number of fused-ring (bicyclic) bond motifs is 1. The first-order valence-electron chi connectivity index (χ1n) is 7.00. The summed E-state index contributed by atoms with van der Waals surface area (Å²) in [4.78, 5) is 12.2. The fourth-order valence-corrected chi connectivity index (χ4v) is 2.42. The Labute approximate surface area is 114 Å². The molecule has 19 heavy (non-hydrogen) atoms. The van der Waals surface area contributed by atoms with Crippen molar-refractivity contribution in [3.63, 3.8) is 0 Å². The summed E-state index contributed by atoms with van der Waals surface area (Å²) in [5.74, 6) is -0.00820. The molecule has 2 rings (SSSR count). The van der Waals surface area contributed by atoms with Gasteiger partial charge in [-0.3, -0.25) is 4.79 Å². The van der Waals surface area contributed by atoms with Crippen molar-refractivity contribution in [3.05, 3.63) is 29.3 Å². The van der Waals surface area contributed by atoms with Crippen LogP contribution in [0.25, 0.3) is 0 Å². The normalized spacial score (nSPS) is 15.3. The topological polar surface area (TPSA) is 61.4 Å². The molecule has 0 fully saturated rings. The number of hydrogen-bond acceptors (Lipinski definition) is 3. The minimum Gasteiger partial charge on any atom is -0.393 e. The summed E-state index contributed by atoms with van der Waals surface area (Å²) in [6.45, 7) is 3.36. The number of anilines is 1. The molecular formula is C15H22N2O2. The summed E-state index contributed by atoms with van der Waals surface area (Å²) in [6.07, 6.45) is 3.25. The average molecular weight is 262 g/mol. The minimum absolute atomic E-state index is 0.00820. The lowest BCUT2D eigenvalue weighted by Crippen LogP contribution is -2.27. The van der Waals surface area contributed by atoms with Crippen molar-refractivity contribution in [1.82, 2.24) is 5.32 Å². The van der Waals surface area contributed by atoms with Gasteiger partial charge in [-0.15, -0.1) is 0 Å². The molecule has 0 saturated carbocycles. The van der Waals surface area contributed by atoms with E-state index in [9.17, 15) is 9.90 Å². The molecule has 1 aromatic rings. The average Bonchev–Trinajstić information content (AvgIpc) is 2.42. The zero-order chi connectivity index (χ0) is 13.7. The molecule has 1 heterocycles. The number of aliphatic hydroxyl groups is 1. The number of carbonyl (C=O) groups excluding carboxylic acids is 1. The van der Waals surface area contributed by atoms with Gasteiger partial charge in [0, 0.05) is 24.3 Å². The van der Waals surface area contributed by atoms with E-state index in [2.05, 4.69) is 10.6 Å². The van der Waals surface area contributed by atoms with E-state index < -0.39 is 0 Å². The van der Waals surface area contributed by atoms with Crippen LogP contribution in [-0.4, -0.2) is 30.2 Å². The van der Waals surface area contributed by atoms with Crippen LogP contribution in [0.1, 0.15) is 42.1 Å². The molecule has 1 aliphatic rings. The lowest BCUT2D eigenvalue weighted by molar-refractivity contribution is 0.0948. The van der Waals surface area contributed by atoms with Gasteiger partial charge in [0.25, 0.3) is 5.91 Å². The van der Waals surface area contributed by atoms with Gasteiger partial charge in [0.05, 0.1) is 6.10 Å². The summed E-state index contributed by atoms with van der Waals surface area (Å²) in [5, 5.41) is 15.4. The zero-order valence-corrected chi connectivity index (χ0v) is 11.4. The fraction of sp³-hybridized carbons (Fsp3) is 0.533. The molecular weight excluding hydrogens is 240 g/mol. The molecule has 4 nitrogen and oxygen atoms in total. The summed E-state index contributed by atoms with van der Waals surface area (Å²) in [5.41, 5.74) is 2.99. The third-order valence-corrected chi connectivity index (χ3v) is 3.42. The van der Waals surface area contributed by atoms with Crippen LogP contribution in [0.15, 0.2) is 18.2 Å². The van der Waals surface area contributed by atoms with Crippen LogP contribution in [-0.2, 0) is 6.42 Å². The van der Waals surface area contributed by atoms with Crippen molar-refractivity contribution >= 4 is 11.6 Å². The molecule has 1 amide bonds. The highest BCUT2D eigenvalue weighted by atomic mass is 16.3. The van der Waals surface area contributed by atoms with Crippen LogP contribution >= 0.6 is 0 Å². The Bertz CT molecular complexity index is 444. The highest BCUT2D eigenvalue weighted by Crippen LogP contribution is 2.25. The largest absolute Gasteiger partial charge is 0.393 e. The van der Waals surface area contributed by atoms with Crippen LogP contribution in [0.3, 0.4) is 0 Å². The standard InChI is InChI=1S/C15H22N2O2/c1-11(18)5-3-10-17-15(19)13-6-2-8-14-12(13)7-4-9-16-14/h2,6,8,11,16,18H,3-5,7,9-10H2,1H3,(H,17,19). The SMILES string of the molecule is CC(O)CCCNC(=O)c1cccc2c1CCCN2. The maximum absolute atomic E-state index is 12.2. The van der Waals surface area contributed by atoms with Crippen LogP contribution in [0.4, 0.5) is 5.69 Å². The van der Waals surface area contributed by atoms with E-state index in [-0.39, 0.29) is 12.0 Å². The summed E-state index contributed by atoms with van der Waals surface area (Å²) in [6, 6.07) is 5.83. The first-order chi connectivity index (χ1) is 9.18. The Morgan fingerprint density at radius 2 is 2.37 bits per heavy atom. The Morgan fingerprint density at radius 3 is 3.16 bits per heavy atom. The molecule has 4 heteroatoms. The molecule has 0 radical (unpaired) electrons. The Kier molecular flexibility index (Phi) is 4.80. The van der Waals surface area contributed by atoms with E-state index in [4.69, 9.17) is 0 Å². The van der Waals surface area contributed by atoms with Crippen LogP contribution in [0, 0.1) is 0 Å². The second-order valence-corrected chi connectivity index (χ2v) is 5.11. The second kappa shape index (κ2) is 6.57.